The van der Waals surface area contributed by atoms with Crippen LogP contribution in [0.4, 0.5) is 11.4 Å². The molecule has 19 heavy (non-hydrogen) atoms. The average molecular weight is 276 g/mol. The van der Waals surface area contributed by atoms with Gasteiger partial charge in [-0.25, -0.2) is 0 Å². The highest BCUT2D eigenvalue weighted by Gasteiger charge is 2.10. The normalized spacial score (nSPS) is 12.3. The minimum Gasteiger partial charge on any atom is -0.389 e. The van der Waals surface area contributed by atoms with E-state index in [1.807, 2.05) is 30.1 Å². The molecule has 0 bridgehead atoms. The first-order chi connectivity index (χ1) is 8.99. The summed E-state index contributed by atoms with van der Waals surface area (Å²) in [5, 5.41) is 10.2. The second kappa shape index (κ2) is 5.64. The average Bonchev–Trinajstić information content (AvgIpc) is 2.38. The van der Waals surface area contributed by atoms with Crippen molar-refractivity contribution in [1.82, 2.24) is 0 Å². The molecule has 0 spiro atoms. The van der Waals surface area contributed by atoms with Gasteiger partial charge in [0.2, 0.25) is 0 Å². The Hall–Kier alpha value is -1.51. The minimum absolute atomic E-state index is 0.503. The van der Waals surface area contributed by atoms with E-state index in [0.29, 0.717) is 5.02 Å². The van der Waals surface area contributed by atoms with Crippen LogP contribution < -0.4 is 4.90 Å². The highest BCUT2D eigenvalue weighted by Crippen LogP contribution is 2.32. The second-order valence-electron chi connectivity index (χ2n) is 4.78. The first-order valence-corrected chi connectivity index (χ1v) is 6.64. The van der Waals surface area contributed by atoms with E-state index in [1.54, 1.807) is 6.92 Å². The van der Waals surface area contributed by atoms with Crippen molar-refractivity contribution >= 4 is 23.0 Å². The summed E-state index contributed by atoms with van der Waals surface area (Å²) in [5.74, 6) is 0. The van der Waals surface area contributed by atoms with Gasteiger partial charge in [0.05, 0.1) is 16.8 Å². The van der Waals surface area contributed by atoms with Crippen molar-refractivity contribution in [1.29, 1.82) is 0 Å². The van der Waals surface area contributed by atoms with Crippen LogP contribution in [0.25, 0.3) is 0 Å². The Morgan fingerprint density at radius 1 is 1.11 bits per heavy atom. The van der Waals surface area contributed by atoms with Crippen molar-refractivity contribution < 1.29 is 5.11 Å². The van der Waals surface area contributed by atoms with Crippen molar-refractivity contribution in [2.45, 2.75) is 20.0 Å². The Morgan fingerprint density at radius 3 is 2.26 bits per heavy atom. The van der Waals surface area contributed by atoms with Gasteiger partial charge in [-0.2, -0.15) is 0 Å². The molecule has 0 unspecified atom stereocenters. The SMILES string of the molecule is Cc1ccc(N(C)c2ccc([C@H](C)O)cc2Cl)cc1. The molecular weight excluding hydrogens is 258 g/mol. The van der Waals surface area contributed by atoms with Crippen molar-refractivity contribution in [3.8, 4) is 0 Å². The number of rotatable bonds is 3. The van der Waals surface area contributed by atoms with Gasteiger partial charge in [-0.3, -0.25) is 0 Å². The lowest BCUT2D eigenvalue weighted by Crippen LogP contribution is -2.10. The van der Waals surface area contributed by atoms with Gasteiger partial charge >= 0.3 is 0 Å². The first-order valence-electron chi connectivity index (χ1n) is 6.27. The molecule has 0 radical (unpaired) electrons. The molecular formula is C16H18ClNO. The number of nitrogens with zero attached hydrogens (tertiary/aromatic N) is 1. The zero-order valence-electron chi connectivity index (χ0n) is 11.4. The molecule has 1 N–H and O–H groups in total. The summed E-state index contributed by atoms with van der Waals surface area (Å²) in [7, 11) is 1.98. The van der Waals surface area contributed by atoms with Crippen LogP contribution in [0, 0.1) is 6.92 Å². The van der Waals surface area contributed by atoms with E-state index in [-0.39, 0.29) is 0 Å². The number of anilines is 2. The smallest absolute Gasteiger partial charge is 0.0762 e. The summed E-state index contributed by atoms with van der Waals surface area (Å²) in [5.41, 5.74) is 4.06. The summed E-state index contributed by atoms with van der Waals surface area (Å²) in [4.78, 5) is 2.04. The van der Waals surface area contributed by atoms with E-state index in [0.717, 1.165) is 16.9 Å². The van der Waals surface area contributed by atoms with Gasteiger partial charge in [0.1, 0.15) is 0 Å². The summed E-state index contributed by atoms with van der Waals surface area (Å²) < 4.78 is 0. The molecule has 0 saturated heterocycles. The molecule has 0 aliphatic rings. The van der Waals surface area contributed by atoms with Gasteiger partial charge in [0.25, 0.3) is 0 Å². The standard InChI is InChI=1S/C16H18ClNO/c1-11-4-7-14(8-5-11)18(3)16-9-6-13(12(2)19)10-15(16)17/h4-10,12,19H,1-3H3/t12-/m0/s1. The van der Waals surface area contributed by atoms with Crippen LogP contribution in [-0.4, -0.2) is 12.2 Å². The molecule has 100 valence electrons. The molecule has 2 rings (SSSR count). The van der Waals surface area contributed by atoms with Crippen LogP contribution in [0.5, 0.6) is 0 Å². The maximum Gasteiger partial charge on any atom is 0.0762 e. The molecule has 2 nitrogen and oxygen atoms in total. The van der Waals surface area contributed by atoms with Gasteiger partial charge in [0.15, 0.2) is 0 Å². The fourth-order valence-electron chi connectivity index (χ4n) is 1.96. The predicted octanol–water partition coefficient (Wildman–Crippen LogP) is 4.47. The quantitative estimate of drug-likeness (QED) is 0.893. The van der Waals surface area contributed by atoms with E-state index in [9.17, 15) is 5.11 Å². The lowest BCUT2D eigenvalue weighted by atomic mass is 10.1. The molecule has 0 amide bonds. The molecule has 0 aromatic heterocycles. The maximum absolute atomic E-state index is 9.55. The van der Waals surface area contributed by atoms with Crippen molar-refractivity contribution in [3.63, 3.8) is 0 Å². The van der Waals surface area contributed by atoms with Gasteiger partial charge in [-0.15, -0.1) is 0 Å². The lowest BCUT2D eigenvalue weighted by molar-refractivity contribution is 0.199. The lowest BCUT2D eigenvalue weighted by Gasteiger charge is -2.21. The summed E-state index contributed by atoms with van der Waals surface area (Å²) in [6, 6.07) is 13.9. The third kappa shape index (κ3) is 3.09. The van der Waals surface area contributed by atoms with Crippen LogP contribution in [0.15, 0.2) is 42.5 Å². The first kappa shape index (κ1) is 13.9. The number of aryl methyl sites for hydroxylation is 1. The summed E-state index contributed by atoms with van der Waals surface area (Å²) in [6.07, 6.45) is -0.503. The van der Waals surface area contributed by atoms with E-state index in [4.69, 9.17) is 11.6 Å². The molecule has 0 aliphatic heterocycles. The Bertz CT molecular complexity index is 563. The van der Waals surface area contributed by atoms with E-state index >= 15 is 0 Å². The third-order valence-electron chi connectivity index (χ3n) is 3.24. The van der Waals surface area contributed by atoms with Crippen molar-refractivity contribution in [2.24, 2.45) is 0 Å². The highest BCUT2D eigenvalue weighted by molar-refractivity contribution is 6.33. The number of aliphatic hydroxyl groups excluding tert-OH is 1. The van der Waals surface area contributed by atoms with Crippen LogP contribution in [-0.2, 0) is 0 Å². The molecule has 2 aromatic rings. The molecule has 2 aromatic carbocycles. The fourth-order valence-corrected chi connectivity index (χ4v) is 2.28. The van der Waals surface area contributed by atoms with E-state index < -0.39 is 6.10 Å². The number of aliphatic hydroxyl groups is 1. The number of benzene rings is 2. The van der Waals surface area contributed by atoms with Gasteiger partial charge in [-0.1, -0.05) is 35.4 Å². The predicted molar refractivity (Wildman–Crippen MR) is 81.3 cm³/mol. The zero-order chi connectivity index (χ0) is 14.0. The molecule has 3 heteroatoms. The van der Waals surface area contributed by atoms with E-state index in [2.05, 4.69) is 31.2 Å². The molecule has 1 atom stereocenters. The maximum atomic E-state index is 9.55. The summed E-state index contributed by atoms with van der Waals surface area (Å²) >= 11 is 6.30. The summed E-state index contributed by atoms with van der Waals surface area (Å²) in [6.45, 7) is 3.79. The Morgan fingerprint density at radius 2 is 1.74 bits per heavy atom. The fraction of sp³-hybridized carbons (Fsp3) is 0.250. The van der Waals surface area contributed by atoms with Gasteiger partial charge < -0.3 is 10.0 Å². The zero-order valence-corrected chi connectivity index (χ0v) is 12.1. The topological polar surface area (TPSA) is 23.5 Å². The Kier molecular flexibility index (Phi) is 4.13. The molecule has 0 aliphatic carbocycles. The van der Waals surface area contributed by atoms with Crippen LogP contribution in [0.2, 0.25) is 5.02 Å². The van der Waals surface area contributed by atoms with Gasteiger partial charge in [0, 0.05) is 12.7 Å². The van der Waals surface area contributed by atoms with E-state index in [1.165, 1.54) is 5.56 Å². The largest absolute Gasteiger partial charge is 0.389 e. The Balaban J connectivity index is 2.33. The number of hydrogen-bond donors (Lipinski definition) is 1. The third-order valence-corrected chi connectivity index (χ3v) is 3.54. The monoisotopic (exact) mass is 275 g/mol. The number of hydrogen-bond acceptors (Lipinski definition) is 2. The molecule has 0 heterocycles. The van der Waals surface area contributed by atoms with Crippen molar-refractivity contribution in [2.75, 3.05) is 11.9 Å². The van der Waals surface area contributed by atoms with Crippen LogP contribution in [0.3, 0.4) is 0 Å². The molecule has 0 saturated carbocycles. The Labute approximate surface area is 119 Å². The van der Waals surface area contributed by atoms with Crippen molar-refractivity contribution in [3.05, 3.63) is 58.6 Å². The number of halogens is 1. The van der Waals surface area contributed by atoms with Crippen LogP contribution >= 0.6 is 11.6 Å². The second-order valence-corrected chi connectivity index (χ2v) is 5.19. The van der Waals surface area contributed by atoms with Crippen LogP contribution in [0.1, 0.15) is 24.2 Å². The molecule has 0 fully saturated rings. The highest BCUT2D eigenvalue weighted by atomic mass is 35.5. The minimum atomic E-state index is -0.503. The van der Waals surface area contributed by atoms with Gasteiger partial charge in [-0.05, 0) is 43.7 Å².